The lowest BCUT2D eigenvalue weighted by atomic mass is 10.0. The normalized spacial score (nSPS) is 14.3. The maximum Gasteiger partial charge on any atom is 0.137 e. The zero-order valence-electron chi connectivity index (χ0n) is 10.4. The summed E-state index contributed by atoms with van der Waals surface area (Å²) in [5.41, 5.74) is 0.863. The number of alkyl halides is 1. The van der Waals surface area contributed by atoms with Crippen LogP contribution in [-0.4, -0.2) is 14.8 Å². The Hall–Kier alpha value is -0.770. The summed E-state index contributed by atoms with van der Waals surface area (Å²) in [6.07, 6.45) is 5.09. The Morgan fingerprint density at radius 1 is 1.32 bits per heavy atom. The van der Waals surface area contributed by atoms with Crippen LogP contribution in [0.2, 0.25) is 10.0 Å². The molecule has 2 rings (SSSR count). The van der Waals surface area contributed by atoms with Crippen LogP contribution in [0.15, 0.2) is 30.9 Å². The topological polar surface area (TPSA) is 30.7 Å². The van der Waals surface area contributed by atoms with Crippen molar-refractivity contribution in [1.82, 2.24) is 14.8 Å². The van der Waals surface area contributed by atoms with Gasteiger partial charge in [-0.1, -0.05) is 42.6 Å². The fourth-order valence-electron chi connectivity index (χ4n) is 2.03. The monoisotopic (exact) mass is 317 g/mol. The number of benzene rings is 1. The first kappa shape index (κ1) is 14.6. The molecule has 0 radical (unpaired) electrons. The van der Waals surface area contributed by atoms with Crippen molar-refractivity contribution in [2.45, 2.75) is 31.2 Å². The molecule has 2 aromatic rings. The van der Waals surface area contributed by atoms with Crippen LogP contribution in [0.1, 0.15) is 36.7 Å². The highest BCUT2D eigenvalue weighted by atomic mass is 35.5. The molecule has 0 spiro atoms. The number of rotatable bonds is 5. The molecule has 1 heterocycles. The van der Waals surface area contributed by atoms with Crippen LogP contribution in [0.5, 0.6) is 0 Å². The Labute approximate surface area is 127 Å². The Bertz CT molecular complexity index is 528. The summed E-state index contributed by atoms with van der Waals surface area (Å²) in [4.78, 5) is 3.98. The lowest BCUT2D eigenvalue weighted by molar-refractivity contribution is 0.407. The highest BCUT2D eigenvalue weighted by Crippen LogP contribution is 2.39. The summed E-state index contributed by atoms with van der Waals surface area (Å²) in [6.45, 7) is 2.11. The highest BCUT2D eigenvalue weighted by molar-refractivity contribution is 6.35. The van der Waals surface area contributed by atoms with E-state index in [9.17, 15) is 0 Å². The van der Waals surface area contributed by atoms with Gasteiger partial charge in [-0.15, -0.1) is 11.6 Å². The standard InChI is InChI=1S/C13H14Cl3N3/c1-2-3-12(19-8-17-7-18-19)13(16)10-5-4-9(14)6-11(10)15/h4-8,12-13H,2-3H2,1H3. The van der Waals surface area contributed by atoms with Gasteiger partial charge < -0.3 is 0 Å². The van der Waals surface area contributed by atoms with E-state index in [4.69, 9.17) is 34.8 Å². The number of halogens is 3. The zero-order chi connectivity index (χ0) is 13.8. The smallest absolute Gasteiger partial charge is 0.137 e. The summed E-state index contributed by atoms with van der Waals surface area (Å²) in [6, 6.07) is 5.38. The second-order valence-electron chi connectivity index (χ2n) is 4.30. The van der Waals surface area contributed by atoms with Gasteiger partial charge in [-0.25, -0.2) is 9.67 Å². The quantitative estimate of drug-likeness (QED) is 0.734. The van der Waals surface area contributed by atoms with Gasteiger partial charge in [0.05, 0.1) is 11.4 Å². The van der Waals surface area contributed by atoms with Gasteiger partial charge in [-0.3, -0.25) is 0 Å². The van der Waals surface area contributed by atoms with Crippen LogP contribution in [0.3, 0.4) is 0 Å². The molecule has 3 nitrogen and oxygen atoms in total. The molecule has 0 aliphatic heterocycles. The van der Waals surface area contributed by atoms with Crippen LogP contribution in [0.25, 0.3) is 0 Å². The molecule has 0 saturated carbocycles. The first-order chi connectivity index (χ1) is 9.13. The molecule has 0 N–H and O–H groups in total. The molecular formula is C13H14Cl3N3. The number of hydrogen-bond donors (Lipinski definition) is 0. The lowest BCUT2D eigenvalue weighted by Crippen LogP contribution is -2.15. The third-order valence-electron chi connectivity index (χ3n) is 2.96. The summed E-state index contributed by atoms with van der Waals surface area (Å²) in [5.74, 6) is 0. The fraction of sp³-hybridized carbons (Fsp3) is 0.385. The third kappa shape index (κ3) is 3.41. The number of aromatic nitrogens is 3. The fourth-order valence-corrected chi connectivity index (χ4v) is 3.04. The van der Waals surface area contributed by atoms with Crippen molar-refractivity contribution < 1.29 is 0 Å². The second kappa shape index (κ2) is 6.60. The van der Waals surface area contributed by atoms with Gasteiger partial charge in [0.25, 0.3) is 0 Å². The second-order valence-corrected chi connectivity index (χ2v) is 5.61. The minimum absolute atomic E-state index is 0.0212. The van der Waals surface area contributed by atoms with Gasteiger partial charge in [-0.2, -0.15) is 5.10 Å². The third-order valence-corrected chi connectivity index (χ3v) is 4.05. The van der Waals surface area contributed by atoms with E-state index in [0.717, 1.165) is 18.4 Å². The molecule has 0 saturated heterocycles. The molecule has 0 aliphatic carbocycles. The Balaban J connectivity index is 2.31. The van der Waals surface area contributed by atoms with Gasteiger partial charge in [0.1, 0.15) is 12.7 Å². The lowest BCUT2D eigenvalue weighted by Gasteiger charge is -2.23. The van der Waals surface area contributed by atoms with Crippen molar-refractivity contribution in [2.24, 2.45) is 0 Å². The van der Waals surface area contributed by atoms with E-state index >= 15 is 0 Å². The molecule has 1 aromatic carbocycles. The number of hydrogen-bond acceptors (Lipinski definition) is 2. The molecule has 1 aromatic heterocycles. The van der Waals surface area contributed by atoms with Crippen molar-refractivity contribution in [3.63, 3.8) is 0 Å². The minimum Gasteiger partial charge on any atom is -0.248 e. The maximum atomic E-state index is 6.58. The summed E-state index contributed by atoms with van der Waals surface area (Å²) >= 11 is 18.7. The Morgan fingerprint density at radius 3 is 2.68 bits per heavy atom. The molecule has 0 bridgehead atoms. The zero-order valence-corrected chi connectivity index (χ0v) is 12.7. The van der Waals surface area contributed by atoms with Crippen molar-refractivity contribution >= 4 is 34.8 Å². The van der Waals surface area contributed by atoms with Crippen molar-refractivity contribution in [1.29, 1.82) is 0 Å². The summed E-state index contributed by atoms with van der Waals surface area (Å²) < 4.78 is 1.78. The first-order valence-corrected chi connectivity index (χ1v) is 7.25. The van der Waals surface area contributed by atoms with Crippen LogP contribution in [0.4, 0.5) is 0 Å². The first-order valence-electron chi connectivity index (χ1n) is 6.06. The Kier molecular flexibility index (Phi) is 5.08. The van der Waals surface area contributed by atoms with Crippen LogP contribution in [0, 0.1) is 0 Å². The maximum absolute atomic E-state index is 6.58. The predicted molar refractivity (Wildman–Crippen MR) is 79.0 cm³/mol. The molecule has 2 unspecified atom stereocenters. The number of nitrogens with zero attached hydrogens (tertiary/aromatic N) is 3. The van der Waals surface area contributed by atoms with E-state index in [1.165, 1.54) is 6.33 Å². The van der Waals surface area contributed by atoms with Gasteiger partial charge in [0, 0.05) is 10.0 Å². The van der Waals surface area contributed by atoms with Gasteiger partial charge >= 0.3 is 0 Å². The van der Waals surface area contributed by atoms with Crippen molar-refractivity contribution in [2.75, 3.05) is 0 Å². The molecule has 0 amide bonds. The summed E-state index contributed by atoms with van der Waals surface area (Å²) in [7, 11) is 0. The van der Waals surface area contributed by atoms with Crippen molar-refractivity contribution in [3.05, 3.63) is 46.5 Å². The van der Waals surface area contributed by atoms with E-state index in [2.05, 4.69) is 17.0 Å². The molecule has 0 aliphatic rings. The molecule has 2 atom stereocenters. The van der Waals surface area contributed by atoms with Gasteiger partial charge in [0.2, 0.25) is 0 Å². The van der Waals surface area contributed by atoms with E-state index in [0.29, 0.717) is 10.0 Å². The van der Waals surface area contributed by atoms with Crippen LogP contribution >= 0.6 is 34.8 Å². The van der Waals surface area contributed by atoms with E-state index in [1.54, 1.807) is 23.1 Å². The van der Waals surface area contributed by atoms with Crippen LogP contribution in [-0.2, 0) is 0 Å². The molecule has 0 fully saturated rings. The summed E-state index contributed by atoms with van der Waals surface area (Å²) in [5, 5.41) is 5.09. The van der Waals surface area contributed by atoms with Crippen molar-refractivity contribution in [3.8, 4) is 0 Å². The van der Waals surface area contributed by atoms with Gasteiger partial charge in [-0.05, 0) is 24.1 Å². The van der Waals surface area contributed by atoms with E-state index in [1.807, 2.05) is 6.07 Å². The minimum atomic E-state index is -0.272. The molecular weight excluding hydrogens is 305 g/mol. The predicted octanol–water partition coefficient (Wildman–Crippen LogP) is 4.91. The van der Waals surface area contributed by atoms with E-state index in [-0.39, 0.29) is 11.4 Å². The van der Waals surface area contributed by atoms with Gasteiger partial charge in [0.15, 0.2) is 0 Å². The SMILES string of the molecule is CCCC(C(Cl)c1ccc(Cl)cc1Cl)n1cncn1. The molecule has 102 valence electrons. The molecule has 19 heavy (non-hydrogen) atoms. The van der Waals surface area contributed by atoms with E-state index < -0.39 is 0 Å². The Morgan fingerprint density at radius 2 is 2.11 bits per heavy atom. The highest BCUT2D eigenvalue weighted by Gasteiger charge is 2.24. The molecule has 6 heteroatoms. The average Bonchev–Trinajstić information content (AvgIpc) is 2.89. The average molecular weight is 319 g/mol. The van der Waals surface area contributed by atoms with Crippen LogP contribution < -0.4 is 0 Å². The largest absolute Gasteiger partial charge is 0.248 e.